The molecule has 1 heterocycles. The van der Waals surface area contributed by atoms with Crippen LogP contribution in [0.25, 0.3) is 0 Å². The Bertz CT molecular complexity index is 581. The number of carbonyl (C=O) groups excluding carboxylic acids is 1. The highest BCUT2D eigenvalue weighted by molar-refractivity contribution is 7.98. The van der Waals surface area contributed by atoms with Crippen LogP contribution >= 0.6 is 23.1 Å². The maximum Gasteiger partial charge on any atom is 0.321 e. The molecular formula is C15H19N3OS2. The first-order valence-corrected chi connectivity index (χ1v) is 8.77. The minimum Gasteiger partial charge on any atom is -0.337 e. The molecule has 2 amide bonds. The molecule has 0 saturated carbocycles. The summed E-state index contributed by atoms with van der Waals surface area (Å²) >= 11 is 3.24. The molecule has 0 saturated heterocycles. The smallest absolute Gasteiger partial charge is 0.321 e. The zero-order valence-corrected chi connectivity index (χ0v) is 13.8. The van der Waals surface area contributed by atoms with Gasteiger partial charge in [-0.05, 0) is 19.4 Å². The molecule has 21 heavy (non-hydrogen) atoms. The molecule has 0 aliphatic heterocycles. The van der Waals surface area contributed by atoms with E-state index in [2.05, 4.69) is 46.8 Å². The van der Waals surface area contributed by atoms with Crippen molar-refractivity contribution in [2.45, 2.75) is 19.6 Å². The molecule has 2 aromatic rings. The average molecular weight is 321 g/mol. The fourth-order valence-corrected chi connectivity index (χ4v) is 3.17. The number of amides is 2. The predicted molar refractivity (Wildman–Crippen MR) is 91.2 cm³/mol. The van der Waals surface area contributed by atoms with E-state index in [1.54, 1.807) is 0 Å². The summed E-state index contributed by atoms with van der Waals surface area (Å²) in [6.45, 7) is 4.64. The van der Waals surface area contributed by atoms with E-state index >= 15 is 0 Å². The molecule has 1 aromatic carbocycles. The van der Waals surface area contributed by atoms with Gasteiger partial charge >= 0.3 is 6.03 Å². The summed E-state index contributed by atoms with van der Waals surface area (Å²) in [5.41, 5.74) is 3.51. The number of thioether (sulfide) groups is 1. The second kappa shape index (κ2) is 8.05. The summed E-state index contributed by atoms with van der Waals surface area (Å²) in [6, 6.07) is 8.34. The molecule has 0 atom stereocenters. The SMILES string of the molecule is Cc1ccc(CSCCNC(=O)Nc2nc(C)cs2)cc1. The van der Waals surface area contributed by atoms with Crippen molar-refractivity contribution in [3.05, 3.63) is 46.5 Å². The molecule has 0 fully saturated rings. The molecule has 112 valence electrons. The number of benzene rings is 1. The fraction of sp³-hybridized carbons (Fsp3) is 0.333. The summed E-state index contributed by atoms with van der Waals surface area (Å²) in [5.74, 6) is 1.85. The van der Waals surface area contributed by atoms with E-state index in [-0.39, 0.29) is 6.03 Å². The highest BCUT2D eigenvalue weighted by Gasteiger charge is 2.03. The number of carbonyl (C=O) groups is 1. The molecule has 2 rings (SSSR count). The fourth-order valence-electron chi connectivity index (χ4n) is 1.66. The summed E-state index contributed by atoms with van der Waals surface area (Å²) in [7, 11) is 0. The Kier molecular flexibility index (Phi) is 6.07. The van der Waals surface area contributed by atoms with Crippen molar-refractivity contribution in [3.8, 4) is 0 Å². The van der Waals surface area contributed by atoms with Crippen molar-refractivity contribution in [2.75, 3.05) is 17.6 Å². The molecule has 0 spiro atoms. The van der Waals surface area contributed by atoms with Gasteiger partial charge in [-0.2, -0.15) is 11.8 Å². The monoisotopic (exact) mass is 321 g/mol. The van der Waals surface area contributed by atoms with Crippen LogP contribution in [0.2, 0.25) is 0 Å². The van der Waals surface area contributed by atoms with E-state index in [1.165, 1.54) is 22.5 Å². The summed E-state index contributed by atoms with van der Waals surface area (Å²) in [4.78, 5) is 15.8. The molecule has 0 bridgehead atoms. The number of anilines is 1. The van der Waals surface area contributed by atoms with E-state index in [4.69, 9.17) is 0 Å². The molecule has 2 N–H and O–H groups in total. The van der Waals surface area contributed by atoms with Crippen LogP contribution in [0.3, 0.4) is 0 Å². The summed E-state index contributed by atoms with van der Waals surface area (Å²) < 4.78 is 0. The van der Waals surface area contributed by atoms with Gasteiger partial charge in [0.25, 0.3) is 0 Å². The first kappa shape index (κ1) is 15.9. The molecule has 0 aliphatic carbocycles. The van der Waals surface area contributed by atoms with Crippen molar-refractivity contribution < 1.29 is 4.79 Å². The van der Waals surface area contributed by atoms with Crippen molar-refractivity contribution >= 4 is 34.3 Å². The topological polar surface area (TPSA) is 54.0 Å². The number of nitrogens with zero attached hydrogens (tertiary/aromatic N) is 1. The second-order valence-electron chi connectivity index (χ2n) is 4.71. The summed E-state index contributed by atoms with van der Waals surface area (Å²) in [5, 5.41) is 8.10. The van der Waals surface area contributed by atoms with Crippen LogP contribution in [0.1, 0.15) is 16.8 Å². The van der Waals surface area contributed by atoms with E-state index in [1.807, 2.05) is 24.1 Å². The number of hydrogen-bond donors (Lipinski definition) is 2. The largest absolute Gasteiger partial charge is 0.337 e. The number of hydrogen-bond acceptors (Lipinski definition) is 4. The van der Waals surface area contributed by atoms with Crippen LogP contribution in [0.5, 0.6) is 0 Å². The lowest BCUT2D eigenvalue weighted by Gasteiger charge is -2.05. The number of aryl methyl sites for hydroxylation is 2. The molecule has 4 nitrogen and oxygen atoms in total. The zero-order valence-electron chi connectivity index (χ0n) is 12.2. The lowest BCUT2D eigenvalue weighted by Crippen LogP contribution is -2.30. The van der Waals surface area contributed by atoms with E-state index in [9.17, 15) is 4.79 Å². The van der Waals surface area contributed by atoms with Gasteiger partial charge in [0.1, 0.15) is 0 Å². The Morgan fingerprint density at radius 1 is 1.29 bits per heavy atom. The van der Waals surface area contributed by atoms with Crippen molar-refractivity contribution in [3.63, 3.8) is 0 Å². The van der Waals surface area contributed by atoms with Gasteiger partial charge < -0.3 is 5.32 Å². The van der Waals surface area contributed by atoms with E-state index < -0.39 is 0 Å². The Balaban J connectivity index is 1.59. The van der Waals surface area contributed by atoms with Gasteiger partial charge in [0, 0.05) is 23.4 Å². The highest BCUT2D eigenvalue weighted by atomic mass is 32.2. The van der Waals surface area contributed by atoms with Gasteiger partial charge in [-0.3, -0.25) is 5.32 Å². The zero-order chi connectivity index (χ0) is 15.1. The first-order valence-electron chi connectivity index (χ1n) is 6.74. The lowest BCUT2D eigenvalue weighted by molar-refractivity contribution is 0.252. The van der Waals surface area contributed by atoms with Gasteiger partial charge in [-0.1, -0.05) is 29.8 Å². The predicted octanol–water partition coefficient (Wildman–Crippen LogP) is 3.81. The quantitative estimate of drug-likeness (QED) is 0.795. The minimum absolute atomic E-state index is 0.194. The molecule has 0 aliphatic rings. The van der Waals surface area contributed by atoms with Crippen LogP contribution in [0.15, 0.2) is 29.6 Å². The van der Waals surface area contributed by atoms with Gasteiger partial charge in [-0.25, -0.2) is 9.78 Å². The first-order chi connectivity index (χ1) is 10.1. The van der Waals surface area contributed by atoms with Crippen LogP contribution in [0.4, 0.5) is 9.93 Å². The number of nitrogens with one attached hydrogen (secondary N) is 2. The molecule has 0 radical (unpaired) electrons. The van der Waals surface area contributed by atoms with Crippen LogP contribution in [-0.4, -0.2) is 23.3 Å². The number of aromatic nitrogens is 1. The van der Waals surface area contributed by atoms with Crippen LogP contribution < -0.4 is 10.6 Å². The summed E-state index contributed by atoms with van der Waals surface area (Å²) in [6.07, 6.45) is 0. The van der Waals surface area contributed by atoms with E-state index in [0.717, 1.165) is 17.2 Å². The minimum atomic E-state index is -0.194. The van der Waals surface area contributed by atoms with Crippen LogP contribution in [0, 0.1) is 13.8 Å². The third kappa shape index (κ3) is 5.77. The Morgan fingerprint density at radius 2 is 2.05 bits per heavy atom. The van der Waals surface area contributed by atoms with Gasteiger partial charge in [-0.15, -0.1) is 11.3 Å². The third-order valence-corrected chi connectivity index (χ3v) is 4.67. The Hall–Kier alpha value is -1.53. The normalized spacial score (nSPS) is 10.4. The van der Waals surface area contributed by atoms with Crippen molar-refractivity contribution in [1.29, 1.82) is 0 Å². The number of rotatable bonds is 6. The van der Waals surface area contributed by atoms with Gasteiger partial charge in [0.05, 0.1) is 5.69 Å². The molecule has 6 heteroatoms. The Morgan fingerprint density at radius 3 is 2.71 bits per heavy atom. The maximum absolute atomic E-state index is 11.6. The van der Waals surface area contributed by atoms with Crippen molar-refractivity contribution in [1.82, 2.24) is 10.3 Å². The van der Waals surface area contributed by atoms with Gasteiger partial charge in [0.15, 0.2) is 5.13 Å². The standard InChI is InChI=1S/C15H19N3OS2/c1-11-3-5-13(6-4-11)10-20-8-7-16-14(19)18-15-17-12(2)9-21-15/h3-6,9H,7-8,10H2,1-2H3,(H2,16,17,18,19). The number of thiazole rings is 1. The lowest BCUT2D eigenvalue weighted by atomic mass is 10.2. The number of urea groups is 1. The highest BCUT2D eigenvalue weighted by Crippen LogP contribution is 2.14. The maximum atomic E-state index is 11.6. The third-order valence-electron chi connectivity index (χ3n) is 2.76. The second-order valence-corrected chi connectivity index (χ2v) is 6.68. The average Bonchev–Trinajstić information content (AvgIpc) is 2.86. The van der Waals surface area contributed by atoms with Gasteiger partial charge in [0.2, 0.25) is 0 Å². The van der Waals surface area contributed by atoms with Crippen LogP contribution in [-0.2, 0) is 5.75 Å². The van der Waals surface area contributed by atoms with Crippen molar-refractivity contribution in [2.24, 2.45) is 0 Å². The molecule has 1 aromatic heterocycles. The molecular weight excluding hydrogens is 302 g/mol. The Labute approximate surface area is 133 Å². The van der Waals surface area contributed by atoms with E-state index in [0.29, 0.717) is 11.7 Å². The molecule has 0 unspecified atom stereocenters.